The Balaban J connectivity index is 1.78. The molecule has 1 heterocycles. The first kappa shape index (κ1) is 14.0. The van der Waals surface area contributed by atoms with E-state index in [1.165, 1.54) is 18.9 Å². The third-order valence-corrected chi connectivity index (χ3v) is 4.64. The van der Waals surface area contributed by atoms with E-state index in [0.717, 1.165) is 18.5 Å². The molecule has 21 heavy (non-hydrogen) atoms. The van der Waals surface area contributed by atoms with Crippen molar-refractivity contribution in [1.82, 2.24) is 5.32 Å². The monoisotopic (exact) mass is 289 g/mol. The van der Waals surface area contributed by atoms with Gasteiger partial charge >= 0.3 is 0 Å². The van der Waals surface area contributed by atoms with E-state index in [1.54, 1.807) is 12.1 Å². The van der Waals surface area contributed by atoms with E-state index in [2.05, 4.69) is 10.6 Å². The number of nitrogens with zero attached hydrogens (tertiary/aromatic N) is 1. The van der Waals surface area contributed by atoms with Crippen LogP contribution in [0.3, 0.4) is 0 Å². The number of nitro groups is 1. The maximum absolute atomic E-state index is 12.4. The van der Waals surface area contributed by atoms with Crippen molar-refractivity contribution in [3.63, 3.8) is 0 Å². The standard InChI is InChI=1S/C15H19N3O3/c1-9-5-6-13(18(20)21)12(7-9)17-15(19)14-11-4-2-3-10(11)8-16-14/h5-7,10-11,14,16H,2-4,8H2,1H3,(H,17,19). The molecule has 0 spiro atoms. The fourth-order valence-corrected chi connectivity index (χ4v) is 3.59. The van der Waals surface area contributed by atoms with E-state index >= 15 is 0 Å². The average molecular weight is 289 g/mol. The lowest BCUT2D eigenvalue weighted by molar-refractivity contribution is -0.383. The molecule has 1 aliphatic heterocycles. The quantitative estimate of drug-likeness (QED) is 0.660. The first-order chi connectivity index (χ1) is 10.1. The molecular weight excluding hydrogens is 270 g/mol. The molecule has 1 aromatic carbocycles. The zero-order valence-electron chi connectivity index (χ0n) is 12.0. The van der Waals surface area contributed by atoms with Crippen LogP contribution in [0.5, 0.6) is 0 Å². The van der Waals surface area contributed by atoms with Crippen molar-refractivity contribution in [3.8, 4) is 0 Å². The molecule has 3 rings (SSSR count). The highest BCUT2D eigenvalue weighted by Crippen LogP contribution is 2.38. The number of carbonyl (C=O) groups is 1. The Kier molecular flexibility index (Phi) is 3.63. The van der Waals surface area contributed by atoms with Gasteiger partial charge in [0.05, 0.1) is 11.0 Å². The van der Waals surface area contributed by atoms with Crippen molar-refractivity contribution in [2.75, 3.05) is 11.9 Å². The van der Waals surface area contributed by atoms with Crippen LogP contribution in [-0.2, 0) is 4.79 Å². The summed E-state index contributed by atoms with van der Waals surface area (Å²) in [7, 11) is 0. The third kappa shape index (κ3) is 2.63. The minimum atomic E-state index is -0.463. The Morgan fingerprint density at radius 1 is 1.43 bits per heavy atom. The number of rotatable bonds is 3. The van der Waals surface area contributed by atoms with Gasteiger partial charge in [-0.3, -0.25) is 14.9 Å². The minimum absolute atomic E-state index is 0.0603. The molecule has 2 aliphatic rings. The van der Waals surface area contributed by atoms with Gasteiger partial charge in [0, 0.05) is 6.07 Å². The Labute approximate surface area is 123 Å². The molecule has 1 saturated carbocycles. The Hall–Kier alpha value is -1.95. The lowest BCUT2D eigenvalue weighted by Gasteiger charge is -2.17. The van der Waals surface area contributed by atoms with Crippen molar-refractivity contribution in [1.29, 1.82) is 0 Å². The number of anilines is 1. The second-order valence-corrected chi connectivity index (χ2v) is 6.01. The van der Waals surface area contributed by atoms with Gasteiger partial charge in [0.1, 0.15) is 5.69 Å². The van der Waals surface area contributed by atoms with Gasteiger partial charge in [-0.2, -0.15) is 0 Å². The topological polar surface area (TPSA) is 84.3 Å². The van der Waals surface area contributed by atoms with Crippen LogP contribution in [0.25, 0.3) is 0 Å². The van der Waals surface area contributed by atoms with E-state index in [4.69, 9.17) is 0 Å². The summed E-state index contributed by atoms with van der Waals surface area (Å²) in [5.41, 5.74) is 1.11. The highest BCUT2D eigenvalue weighted by Gasteiger charge is 2.42. The van der Waals surface area contributed by atoms with E-state index < -0.39 is 4.92 Å². The number of carbonyl (C=O) groups excluding carboxylic acids is 1. The number of hydrogen-bond acceptors (Lipinski definition) is 4. The first-order valence-corrected chi connectivity index (χ1v) is 7.35. The predicted molar refractivity (Wildman–Crippen MR) is 79.1 cm³/mol. The highest BCUT2D eigenvalue weighted by atomic mass is 16.6. The maximum Gasteiger partial charge on any atom is 0.292 e. The number of nitrogens with one attached hydrogen (secondary N) is 2. The smallest absolute Gasteiger partial charge is 0.292 e. The van der Waals surface area contributed by atoms with Crippen molar-refractivity contribution < 1.29 is 9.72 Å². The molecule has 0 radical (unpaired) electrons. The lowest BCUT2D eigenvalue weighted by atomic mass is 9.93. The van der Waals surface area contributed by atoms with Gasteiger partial charge in [0.15, 0.2) is 0 Å². The molecule has 6 heteroatoms. The second-order valence-electron chi connectivity index (χ2n) is 6.01. The molecule has 0 aromatic heterocycles. The summed E-state index contributed by atoms with van der Waals surface area (Å²) in [4.78, 5) is 23.0. The number of amides is 1. The van der Waals surface area contributed by atoms with E-state index in [0.29, 0.717) is 11.8 Å². The summed E-state index contributed by atoms with van der Waals surface area (Å²) in [6, 6.07) is 4.54. The van der Waals surface area contributed by atoms with Crippen molar-refractivity contribution in [2.24, 2.45) is 11.8 Å². The molecule has 1 amide bonds. The Morgan fingerprint density at radius 3 is 3.00 bits per heavy atom. The van der Waals surface area contributed by atoms with Crippen LogP contribution in [-0.4, -0.2) is 23.4 Å². The molecule has 1 aromatic rings. The molecule has 3 atom stereocenters. The fourth-order valence-electron chi connectivity index (χ4n) is 3.59. The Bertz CT molecular complexity index is 588. The number of nitro benzene ring substituents is 1. The normalized spacial score (nSPS) is 27.4. The van der Waals surface area contributed by atoms with E-state index in [1.807, 2.05) is 6.92 Å². The number of benzene rings is 1. The predicted octanol–water partition coefficient (Wildman–Crippen LogP) is 2.23. The van der Waals surface area contributed by atoms with Crippen molar-refractivity contribution in [2.45, 2.75) is 32.2 Å². The van der Waals surface area contributed by atoms with Gasteiger partial charge in [-0.25, -0.2) is 0 Å². The Morgan fingerprint density at radius 2 is 2.24 bits per heavy atom. The first-order valence-electron chi connectivity index (χ1n) is 7.35. The summed E-state index contributed by atoms with van der Waals surface area (Å²) in [5.74, 6) is 0.792. The maximum atomic E-state index is 12.4. The summed E-state index contributed by atoms with van der Waals surface area (Å²) in [6.45, 7) is 2.72. The van der Waals surface area contributed by atoms with E-state index in [9.17, 15) is 14.9 Å². The molecule has 3 unspecified atom stereocenters. The molecular formula is C15H19N3O3. The van der Waals surface area contributed by atoms with Crippen LogP contribution >= 0.6 is 0 Å². The second kappa shape index (κ2) is 5.44. The zero-order chi connectivity index (χ0) is 15.0. The molecule has 2 fully saturated rings. The minimum Gasteiger partial charge on any atom is -0.319 e. The molecule has 2 N–H and O–H groups in total. The largest absolute Gasteiger partial charge is 0.319 e. The average Bonchev–Trinajstić information content (AvgIpc) is 3.00. The van der Waals surface area contributed by atoms with E-state index in [-0.39, 0.29) is 23.3 Å². The summed E-state index contributed by atoms with van der Waals surface area (Å²) in [5, 5.41) is 17.1. The molecule has 112 valence electrons. The third-order valence-electron chi connectivity index (χ3n) is 4.64. The van der Waals surface area contributed by atoms with Crippen LogP contribution in [0.2, 0.25) is 0 Å². The highest BCUT2D eigenvalue weighted by molar-refractivity contribution is 5.97. The number of fused-ring (bicyclic) bond motifs is 1. The van der Waals surface area contributed by atoms with Crippen LogP contribution < -0.4 is 10.6 Å². The van der Waals surface area contributed by atoms with Gasteiger partial charge in [0.2, 0.25) is 5.91 Å². The number of hydrogen-bond donors (Lipinski definition) is 2. The van der Waals surface area contributed by atoms with Crippen molar-refractivity contribution >= 4 is 17.3 Å². The fraction of sp³-hybridized carbons (Fsp3) is 0.533. The number of aryl methyl sites for hydroxylation is 1. The zero-order valence-corrected chi connectivity index (χ0v) is 12.0. The van der Waals surface area contributed by atoms with Gasteiger partial charge in [-0.1, -0.05) is 12.5 Å². The summed E-state index contributed by atoms with van der Waals surface area (Å²) < 4.78 is 0. The van der Waals surface area contributed by atoms with Crippen LogP contribution in [0.1, 0.15) is 24.8 Å². The molecule has 6 nitrogen and oxygen atoms in total. The van der Waals surface area contributed by atoms with Gasteiger partial charge in [-0.05, 0) is 49.8 Å². The van der Waals surface area contributed by atoms with Crippen molar-refractivity contribution in [3.05, 3.63) is 33.9 Å². The molecule has 1 aliphatic carbocycles. The van der Waals surface area contributed by atoms with Gasteiger partial charge in [-0.15, -0.1) is 0 Å². The summed E-state index contributed by atoms with van der Waals surface area (Å²) >= 11 is 0. The van der Waals surface area contributed by atoms with Crippen LogP contribution in [0.4, 0.5) is 11.4 Å². The van der Waals surface area contributed by atoms with Crippen LogP contribution in [0.15, 0.2) is 18.2 Å². The molecule has 0 bridgehead atoms. The van der Waals surface area contributed by atoms with Crippen LogP contribution in [0, 0.1) is 28.9 Å². The van der Waals surface area contributed by atoms with Gasteiger partial charge < -0.3 is 10.6 Å². The summed E-state index contributed by atoms with van der Waals surface area (Å²) in [6.07, 6.45) is 3.41. The molecule has 1 saturated heterocycles. The van der Waals surface area contributed by atoms with Gasteiger partial charge in [0.25, 0.3) is 5.69 Å². The lowest BCUT2D eigenvalue weighted by Crippen LogP contribution is -2.39. The SMILES string of the molecule is Cc1ccc([N+](=O)[O-])c(NC(=O)C2NCC3CCCC32)c1.